The maximum atomic E-state index is 11.8. The number of nitrogens with one attached hydrogen (secondary N) is 1. The second-order valence-corrected chi connectivity index (χ2v) is 5.20. The molecule has 0 aromatic heterocycles. The first kappa shape index (κ1) is 14.4. The number of rotatable bonds is 5. The smallest absolute Gasteiger partial charge is 0.234 e. The van der Waals surface area contributed by atoms with Gasteiger partial charge < -0.3 is 15.2 Å². The van der Waals surface area contributed by atoms with E-state index in [1.54, 1.807) is 0 Å². The zero-order chi connectivity index (χ0) is 12.9. The largest absolute Gasteiger partial charge is 0.394 e. The second kappa shape index (κ2) is 6.33. The van der Waals surface area contributed by atoms with Crippen LogP contribution in [0.2, 0.25) is 0 Å². The average molecular weight is 244 g/mol. The monoisotopic (exact) mass is 244 g/mol. The van der Waals surface area contributed by atoms with Crippen molar-refractivity contribution in [3.8, 4) is 0 Å². The first-order valence-corrected chi connectivity index (χ1v) is 6.22. The Morgan fingerprint density at radius 3 is 2.88 bits per heavy atom. The van der Waals surface area contributed by atoms with E-state index in [4.69, 9.17) is 9.84 Å². The Labute approximate surface area is 103 Å². The SMILES string of the molecule is CCC(C)(C)NC(=O)CN1CCOC(CO)C1. The maximum absolute atomic E-state index is 11.8. The Morgan fingerprint density at radius 2 is 2.29 bits per heavy atom. The lowest BCUT2D eigenvalue weighted by Crippen LogP contribution is -2.51. The number of aliphatic hydroxyl groups is 1. The lowest BCUT2D eigenvalue weighted by atomic mass is 10.0. The Morgan fingerprint density at radius 1 is 1.59 bits per heavy atom. The quantitative estimate of drug-likeness (QED) is 0.714. The van der Waals surface area contributed by atoms with Gasteiger partial charge in [-0.2, -0.15) is 0 Å². The summed E-state index contributed by atoms with van der Waals surface area (Å²) in [6.45, 7) is 8.42. The van der Waals surface area contributed by atoms with Gasteiger partial charge in [-0.25, -0.2) is 0 Å². The molecule has 0 spiro atoms. The van der Waals surface area contributed by atoms with Crippen LogP contribution in [0, 0.1) is 0 Å². The topological polar surface area (TPSA) is 61.8 Å². The molecule has 1 aliphatic heterocycles. The fraction of sp³-hybridized carbons (Fsp3) is 0.917. The summed E-state index contributed by atoms with van der Waals surface area (Å²) in [5.41, 5.74) is -0.153. The minimum absolute atomic E-state index is 0.0125. The van der Waals surface area contributed by atoms with Crippen molar-refractivity contribution in [1.82, 2.24) is 10.2 Å². The summed E-state index contributed by atoms with van der Waals surface area (Å²) in [5.74, 6) is 0.0374. The molecule has 1 unspecified atom stereocenters. The molecule has 0 bridgehead atoms. The van der Waals surface area contributed by atoms with Gasteiger partial charge in [0.25, 0.3) is 0 Å². The first-order valence-electron chi connectivity index (χ1n) is 6.22. The third-order valence-corrected chi connectivity index (χ3v) is 3.16. The molecule has 1 atom stereocenters. The summed E-state index contributed by atoms with van der Waals surface area (Å²) in [6, 6.07) is 0. The van der Waals surface area contributed by atoms with Crippen LogP contribution in [0.3, 0.4) is 0 Å². The van der Waals surface area contributed by atoms with Crippen LogP contribution < -0.4 is 5.32 Å². The van der Waals surface area contributed by atoms with Crippen LogP contribution >= 0.6 is 0 Å². The number of hydrogen-bond donors (Lipinski definition) is 2. The zero-order valence-corrected chi connectivity index (χ0v) is 11.0. The zero-order valence-electron chi connectivity index (χ0n) is 11.0. The number of aliphatic hydroxyl groups excluding tert-OH is 1. The van der Waals surface area contributed by atoms with Gasteiger partial charge in [0, 0.05) is 18.6 Å². The van der Waals surface area contributed by atoms with Crippen molar-refractivity contribution in [1.29, 1.82) is 0 Å². The number of carbonyl (C=O) groups excluding carboxylic acids is 1. The van der Waals surface area contributed by atoms with Crippen molar-refractivity contribution in [3.63, 3.8) is 0 Å². The van der Waals surface area contributed by atoms with Gasteiger partial charge in [0.15, 0.2) is 0 Å². The predicted molar refractivity (Wildman–Crippen MR) is 65.8 cm³/mol. The number of amides is 1. The van der Waals surface area contributed by atoms with Gasteiger partial charge >= 0.3 is 0 Å². The third kappa shape index (κ3) is 5.02. The predicted octanol–water partition coefficient (Wildman–Crippen LogP) is -0.0157. The molecule has 1 heterocycles. The van der Waals surface area contributed by atoms with Gasteiger partial charge in [0.1, 0.15) is 0 Å². The van der Waals surface area contributed by atoms with Gasteiger partial charge in [-0.15, -0.1) is 0 Å². The molecule has 0 aromatic carbocycles. The summed E-state index contributed by atoms with van der Waals surface area (Å²) < 4.78 is 5.34. The van der Waals surface area contributed by atoms with Crippen molar-refractivity contribution >= 4 is 5.91 Å². The molecule has 17 heavy (non-hydrogen) atoms. The molecule has 5 nitrogen and oxygen atoms in total. The number of nitrogens with zero attached hydrogens (tertiary/aromatic N) is 1. The van der Waals surface area contributed by atoms with E-state index in [1.807, 2.05) is 18.7 Å². The molecule has 0 aromatic rings. The highest BCUT2D eigenvalue weighted by molar-refractivity contribution is 5.78. The Hall–Kier alpha value is -0.650. The highest BCUT2D eigenvalue weighted by atomic mass is 16.5. The fourth-order valence-corrected chi connectivity index (χ4v) is 1.74. The van der Waals surface area contributed by atoms with E-state index in [-0.39, 0.29) is 24.2 Å². The molecule has 2 N–H and O–H groups in total. The minimum atomic E-state index is -0.157. The van der Waals surface area contributed by atoms with Crippen LogP contribution in [0.5, 0.6) is 0 Å². The molecule has 0 radical (unpaired) electrons. The van der Waals surface area contributed by atoms with E-state index in [2.05, 4.69) is 12.2 Å². The molecule has 1 aliphatic rings. The summed E-state index contributed by atoms with van der Waals surface area (Å²) in [4.78, 5) is 13.8. The van der Waals surface area contributed by atoms with Crippen LogP contribution in [0.25, 0.3) is 0 Å². The number of ether oxygens (including phenoxy) is 1. The van der Waals surface area contributed by atoms with Crippen LogP contribution in [0.1, 0.15) is 27.2 Å². The Kier molecular flexibility index (Phi) is 5.36. The van der Waals surface area contributed by atoms with Gasteiger partial charge in [-0.3, -0.25) is 9.69 Å². The van der Waals surface area contributed by atoms with Crippen LogP contribution in [-0.4, -0.2) is 60.4 Å². The second-order valence-electron chi connectivity index (χ2n) is 5.20. The van der Waals surface area contributed by atoms with E-state index in [0.29, 0.717) is 19.7 Å². The standard InChI is InChI=1S/C12H24N2O3/c1-4-12(2,3)13-11(16)8-14-5-6-17-10(7-14)9-15/h10,15H,4-9H2,1-3H3,(H,13,16). The summed E-state index contributed by atoms with van der Waals surface area (Å²) in [5, 5.41) is 12.0. The minimum Gasteiger partial charge on any atom is -0.394 e. The van der Waals surface area contributed by atoms with Crippen molar-refractivity contribution < 1.29 is 14.6 Å². The van der Waals surface area contributed by atoms with Crippen molar-refractivity contribution in [2.24, 2.45) is 0 Å². The fourth-order valence-electron chi connectivity index (χ4n) is 1.74. The van der Waals surface area contributed by atoms with Crippen LogP contribution in [0.15, 0.2) is 0 Å². The van der Waals surface area contributed by atoms with E-state index < -0.39 is 0 Å². The first-order chi connectivity index (χ1) is 7.96. The van der Waals surface area contributed by atoms with Gasteiger partial charge in [0.2, 0.25) is 5.91 Å². The Bertz CT molecular complexity index is 256. The molecule has 100 valence electrons. The molecule has 5 heteroatoms. The van der Waals surface area contributed by atoms with Crippen molar-refractivity contribution in [2.75, 3.05) is 32.8 Å². The summed E-state index contributed by atoms with van der Waals surface area (Å²) in [6.07, 6.45) is 0.747. The van der Waals surface area contributed by atoms with Crippen LogP contribution in [0.4, 0.5) is 0 Å². The average Bonchev–Trinajstić information content (AvgIpc) is 2.28. The van der Waals surface area contributed by atoms with Crippen molar-refractivity contribution in [3.05, 3.63) is 0 Å². The molecule has 0 aliphatic carbocycles. The highest BCUT2D eigenvalue weighted by Crippen LogP contribution is 2.08. The summed E-state index contributed by atoms with van der Waals surface area (Å²) in [7, 11) is 0. The van der Waals surface area contributed by atoms with Gasteiger partial charge in [0.05, 0.1) is 25.9 Å². The van der Waals surface area contributed by atoms with E-state index in [0.717, 1.165) is 13.0 Å². The number of morpholine rings is 1. The molecule has 1 rings (SSSR count). The summed E-state index contributed by atoms with van der Waals surface area (Å²) >= 11 is 0. The molecule has 0 saturated carbocycles. The maximum Gasteiger partial charge on any atom is 0.234 e. The van der Waals surface area contributed by atoms with Crippen molar-refractivity contribution in [2.45, 2.75) is 38.8 Å². The molecule has 1 amide bonds. The Balaban J connectivity index is 2.35. The van der Waals surface area contributed by atoms with Gasteiger partial charge in [-0.05, 0) is 20.3 Å². The molecule has 1 saturated heterocycles. The van der Waals surface area contributed by atoms with E-state index in [9.17, 15) is 4.79 Å². The van der Waals surface area contributed by atoms with E-state index >= 15 is 0 Å². The number of hydrogen-bond acceptors (Lipinski definition) is 4. The van der Waals surface area contributed by atoms with E-state index in [1.165, 1.54) is 0 Å². The lowest BCUT2D eigenvalue weighted by Gasteiger charge is -2.32. The van der Waals surface area contributed by atoms with Gasteiger partial charge in [-0.1, -0.05) is 6.92 Å². The molecule has 1 fully saturated rings. The molecular formula is C12H24N2O3. The number of carbonyl (C=O) groups is 1. The van der Waals surface area contributed by atoms with Crippen LogP contribution in [-0.2, 0) is 9.53 Å². The normalized spacial score (nSPS) is 22.5. The third-order valence-electron chi connectivity index (χ3n) is 3.16. The molecular weight excluding hydrogens is 220 g/mol. The lowest BCUT2D eigenvalue weighted by molar-refractivity contribution is -0.126. The highest BCUT2D eigenvalue weighted by Gasteiger charge is 2.23.